The Labute approximate surface area is 73.1 Å². The maximum absolute atomic E-state index is 10.8. The van der Waals surface area contributed by atoms with Crippen molar-refractivity contribution in [2.24, 2.45) is 0 Å². The number of aliphatic hydroxyl groups is 1. The van der Waals surface area contributed by atoms with Crippen LogP contribution < -0.4 is 0 Å². The fourth-order valence-electron chi connectivity index (χ4n) is 0.642. The summed E-state index contributed by atoms with van der Waals surface area (Å²) in [5.74, 6) is -0.341. The standard InChI is InChI=1S/C8H17NO3/c1-7(10)6-8(11)12-5-4-9(2)3/h7,10H,4-6H2,1-3H3. The van der Waals surface area contributed by atoms with E-state index < -0.39 is 6.10 Å². The maximum atomic E-state index is 10.8. The first-order valence-corrected chi connectivity index (χ1v) is 4.00. The molecule has 0 saturated heterocycles. The molecule has 0 bridgehead atoms. The molecule has 0 heterocycles. The Kier molecular flexibility index (Phi) is 5.66. The van der Waals surface area contributed by atoms with Crippen molar-refractivity contribution in [3.05, 3.63) is 0 Å². The van der Waals surface area contributed by atoms with Gasteiger partial charge in [-0.2, -0.15) is 0 Å². The molecule has 0 amide bonds. The lowest BCUT2D eigenvalue weighted by Crippen LogP contribution is -2.21. The number of nitrogens with zero attached hydrogens (tertiary/aromatic N) is 1. The summed E-state index contributed by atoms with van der Waals surface area (Å²) in [5.41, 5.74) is 0. The van der Waals surface area contributed by atoms with Crippen LogP contribution in [-0.4, -0.2) is 49.3 Å². The first-order chi connectivity index (χ1) is 5.52. The minimum absolute atomic E-state index is 0.0768. The first-order valence-electron chi connectivity index (χ1n) is 4.00. The van der Waals surface area contributed by atoms with Crippen LogP contribution in [0.1, 0.15) is 13.3 Å². The Balaban J connectivity index is 3.32. The molecule has 0 aliphatic rings. The second-order valence-corrected chi connectivity index (χ2v) is 3.08. The van der Waals surface area contributed by atoms with Crippen LogP contribution in [0.25, 0.3) is 0 Å². The maximum Gasteiger partial charge on any atom is 0.308 e. The summed E-state index contributed by atoms with van der Waals surface area (Å²) in [5, 5.41) is 8.82. The van der Waals surface area contributed by atoms with Crippen LogP contribution in [0.5, 0.6) is 0 Å². The number of rotatable bonds is 5. The Hall–Kier alpha value is -0.610. The van der Waals surface area contributed by atoms with Gasteiger partial charge in [0.1, 0.15) is 6.61 Å². The molecule has 0 fully saturated rings. The summed E-state index contributed by atoms with van der Waals surface area (Å²) in [4.78, 5) is 12.8. The van der Waals surface area contributed by atoms with Crippen molar-refractivity contribution in [1.82, 2.24) is 4.90 Å². The van der Waals surface area contributed by atoms with Gasteiger partial charge in [0.05, 0.1) is 12.5 Å². The van der Waals surface area contributed by atoms with Crippen LogP contribution in [0.15, 0.2) is 0 Å². The van der Waals surface area contributed by atoms with Gasteiger partial charge < -0.3 is 14.7 Å². The van der Waals surface area contributed by atoms with E-state index >= 15 is 0 Å². The summed E-state index contributed by atoms with van der Waals surface area (Å²) in [7, 11) is 3.81. The van der Waals surface area contributed by atoms with Crippen LogP contribution in [0.2, 0.25) is 0 Å². The summed E-state index contributed by atoms with van der Waals surface area (Å²) >= 11 is 0. The quantitative estimate of drug-likeness (QED) is 0.591. The molecule has 0 saturated carbocycles. The number of likely N-dealkylation sites (N-methyl/N-ethyl adjacent to an activating group) is 1. The number of aliphatic hydroxyl groups excluding tert-OH is 1. The van der Waals surface area contributed by atoms with Crippen molar-refractivity contribution in [3.63, 3.8) is 0 Å². The van der Waals surface area contributed by atoms with E-state index in [1.54, 1.807) is 6.92 Å². The third-order valence-corrected chi connectivity index (χ3v) is 1.26. The smallest absolute Gasteiger partial charge is 0.308 e. The van der Waals surface area contributed by atoms with Gasteiger partial charge in [0.25, 0.3) is 0 Å². The number of esters is 1. The van der Waals surface area contributed by atoms with Gasteiger partial charge in [0.2, 0.25) is 0 Å². The lowest BCUT2D eigenvalue weighted by atomic mass is 10.3. The third-order valence-electron chi connectivity index (χ3n) is 1.26. The third kappa shape index (κ3) is 7.50. The SMILES string of the molecule is CC(O)CC(=O)OCCN(C)C. The van der Waals surface area contributed by atoms with Crippen molar-refractivity contribution >= 4 is 5.97 Å². The molecule has 0 rings (SSSR count). The molecule has 0 radical (unpaired) electrons. The molecule has 0 aliphatic heterocycles. The molecule has 1 atom stereocenters. The Morgan fingerprint density at radius 1 is 1.58 bits per heavy atom. The summed E-state index contributed by atoms with van der Waals surface area (Å²) in [6, 6.07) is 0. The molecule has 12 heavy (non-hydrogen) atoms. The highest BCUT2D eigenvalue weighted by atomic mass is 16.5. The molecule has 4 heteroatoms. The molecule has 4 nitrogen and oxygen atoms in total. The molecule has 0 aliphatic carbocycles. The van der Waals surface area contributed by atoms with Crippen LogP contribution in [0.4, 0.5) is 0 Å². The number of hydrogen-bond acceptors (Lipinski definition) is 4. The predicted octanol–water partition coefficient (Wildman–Crippen LogP) is -0.138. The Morgan fingerprint density at radius 2 is 2.17 bits per heavy atom. The van der Waals surface area contributed by atoms with Gasteiger partial charge in [-0.05, 0) is 21.0 Å². The second-order valence-electron chi connectivity index (χ2n) is 3.08. The van der Waals surface area contributed by atoms with Crippen LogP contribution in [0, 0.1) is 0 Å². The van der Waals surface area contributed by atoms with Crippen molar-refractivity contribution in [1.29, 1.82) is 0 Å². The minimum atomic E-state index is -0.614. The van der Waals surface area contributed by atoms with E-state index in [1.807, 2.05) is 19.0 Å². The van der Waals surface area contributed by atoms with E-state index in [9.17, 15) is 4.79 Å². The number of carbonyl (C=O) groups excluding carboxylic acids is 1. The van der Waals surface area contributed by atoms with Gasteiger partial charge in [-0.25, -0.2) is 0 Å². The second kappa shape index (κ2) is 5.97. The average Bonchev–Trinajstić information content (AvgIpc) is 1.84. The molecule has 72 valence electrons. The molecule has 0 aromatic heterocycles. The van der Waals surface area contributed by atoms with Crippen molar-refractivity contribution in [3.8, 4) is 0 Å². The summed E-state index contributed by atoms with van der Waals surface area (Å²) in [6.45, 7) is 2.66. The van der Waals surface area contributed by atoms with Gasteiger partial charge in [-0.1, -0.05) is 0 Å². The highest BCUT2D eigenvalue weighted by Gasteiger charge is 2.06. The van der Waals surface area contributed by atoms with E-state index in [0.29, 0.717) is 13.2 Å². The molecule has 1 unspecified atom stereocenters. The first kappa shape index (κ1) is 11.4. The van der Waals surface area contributed by atoms with E-state index in [-0.39, 0.29) is 12.4 Å². The fraction of sp³-hybridized carbons (Fsp3) is 0.875. The number of carbonyl (C=O) groups is 1. The van der Waals surface area contributed by atoms with Gasteiger partial charge >= 0.3 is 5.97 Å². The van der Waals surface area contributed by atoms with E-state index in [2.05, 4.69) is 0 Å². The van der Waals surface area contributed by atoms with E-state index in [1.165, 1.54) is 0 Å². The van der Waals surface area contributed by atoms with Gasteiger partial charge in [0.15, 0.2) is 0 Å². The van der Waals surface area contributed by atoms with Gasteiger partial charge in [-0.3, -0.25) is 4.79 Å². The Bertz CT molecular complexity index is 134. The molecule has 0 aromatic carbocycles. The van der Waals surface area contributed by atoms with Gasteiger partial charge in [0, 0.05) is 6.54 Å². The van der Waals surface area contributed by atoms with Crippen molar-refractivity contribution in [2.45, 2.75) is 19.4 Å². The Morgan fingerprint density at radius 3 is 2.58 bits per heavy atom. The monoisotopic (exact) mass is 175 g/mol. The molecule has 0 aromatic rings. The van der Waals surface area contributed by atoms with Crippen molar-refractivity contribution in [2.75, 3.05) is 27.2 Å². The van der Waals surface area contributed by atoms with Crippen LogP contribution in [-0.2, 0) is 9.53 Å². The zero-order valence-electron chi connectivity index (χ0n) is 7.91. The molecule has 1 N–H and O–H groups in total. The highest BCUT2D eigenvalue weighted by molar-refractivity contribution is 5.69. The largest absolute Gasteiger partial charge is 0.464 e. The fourth-order valence-corrected chi connectivity index (χ4v) is 0.642. The van der Waals surface area contributed by atoms with Crippen LogP contribution in [0.3, 0.4) is 0 Å². The minimum Gasteiger partial charge on any atom is -0.464 e. The average molecular weight is 175 g/mol. The van der Waals surface area contributed by atoms with Crippen molar-refractivity contribution < 1.29 is 14.6 Å². The molecular weight excluding hydrogens is 158 g/mol. The zero-order chi connectivity index (χ0) is 9.56. The molecule has 0 spiro atoms. The van der Waals surface area contributed by atoms with E-state index in [4.69, 9.17) is 9.84 Å². The number of hydrogen-bond donors (Lipinski definition) is 1. The van der Waals surface area contributed by atoms with Crippen LogP contribution >= 0.6 is 0 Å². The lowest BCUT2D eigenvalue weighted by molar-refractivity contribution is -0.145. The normalized spacial score (nSPS) is 13.1. The molecular formula is C8H17NO3. The summed E-state index contributed by atoms with van der Waals surface area (Å²) in [6.07, 6.45) is -0.537. The topological polar surface area (TPSA) is 49.8 Å². The number of ether oxygens (including phenoxy) is 1. The highest BCUT2D eigenvalue weighted by Crippen LogP contribution is 1.92. The zero-order valence-corrected chi connectivity index (χ0v) is 7.91. The lowest BCUT2D eigenvalue weighted by Gasteiger charge is -2.10. The van der Waals surface area contributed by atoms with E-state index in [0.717, 1.165) is 0 Å². The summed E-state index contributed by atoms with van der Waals surface area (Å²) < 4.78 is 4.82. The predicted molar refractivity (Wildman–Crippen MR) is 45.8 cm³/mol. The van der Waals surface area contributed by atoms with Gasteiger partial charge in [-0.15, -0.1) is 0 Å².